The van der Waals surface area contributed by atoms with E-state index in [1.54, 1.807) is 0 Å². The second-order valence-electron chi connectivity index (χ2n) is 4.06. The molecule has 1 aliphatic rings. The van der Waals surface area contributed by atoms with Crippen molar-refractivity contribution in [1.82, 2.24) is 0 Å². The standard InChI is InChI=1S/C13H17NO/c1-2-8-13(11-15-13)10-14-9-12-6-4-3-5-7-12/h3-7,10H,2,8-9,11H2,1H3. The Kier molecular flexibility index (Phi) is 3.17. The number of rotatable bonds is 5. The van der Waals surface area contributed by atoms with E-state index in [0.29, 0.717) is 0 Å². The van der Waals surface area contributed by atoms with Crippen molar-refractivity contribution in [3.05, 3.63) is 35.9 Å². The van der Waals surface area contributed by atoms with Crippen LogP contribution < -0.4 is 0 Å². The zero-order valence-corrected chi connectivity index (χ0v) is 9.15. The molecule has 2 rings (SSSR count). The fourth-order valence-electron chi connectivity index (χ4n) is 1.70. The summed E-state index contributed by atoms with van der Waals surface area (Å²) in [6, 6.07) is 10.3. The molecule has 1 aromatic rings. The summed E-state index contributed by atoms with van der Waals surface area (Å²) in [5.74, 6) is 0. The Morgan fingerprint density at radius 3 is 2.73 bits per heavy atom. The van der Waals surface area contributed by atoms with Gasteiger partial charge in [0.25, 0.3) is 0 Å². The molecule has 1 aromatic carbocycles. The van der Waals surface area contributed by atoms with Crippen LogP contribution in [0, 0.1) is 0 Å². The summed E-state index contributed by atoms with van der Waals surface area (Å²) in [6.07, 6.45) is 4.23. The minimum absolute atomic E-state index is 0.0104. The second-order valence-corrected chi connectivity index (χ2v) is 4.06. The van der Waals surface area contributed by atoms with E-state index < -0.39 is 0 Å². The number of hydrogen-bond donors (Lipinski definition) is 0. The van der Waals surface area contributed by atoms with Crippen LogP contribution in [-0.2, 0) is 11.3 Å². The summed E-state index contributed by atoms with van der Waals surface area (Å²) < 4.78 is 5.43. The van der Waals surface area contributed by atoms with E-state index >= 15 is 0 Å². The van der Waals surface area contributed by atoms with Crippen LogP contribution in [0.3, 0.4) is 0 Å². The van der Waals surface area contributed by atoms with Crippen molar-refractivity contribution in [3.63, 3.8) is 0 Å². The number of ether oxygens (including phenoxy) is 1. The first-order valence-electron chi connectivity index (χ1n) is 5.53. The molecule has 0 aliphatic carbocycles. The van der Waals surface area contributed by atoms with Crippen LogP contribution in [0.2, 0.25) is 0 Å². The first-order chi connectivity index (χ1) is 7.35. The molecule has 1 unspecified atom stereocenters. The highest BCUT2D eigenvalue weighted by Crippen LogP contribution is 2.29. The Balaban J connectivity index is 1.85. The van der Waals surface area contributed by atoms with Crippen molar-refractivity contribution in [2.24, 2.45) is 4.99 Å². The molecular formula is C13H17NO. The summed E-state index contributed by atoms with van der Waals surface area (Å²) >= 11 is 0. The van der Waals surface area contributed by atoms with Crippen molar-refractivity contribution in [2.75, 3.05) is 6.61 Å². The molecule has 1 atom stereocenters. The van der Waals surface area contributed by atoms with Crippen LogP contribution in [0.1, 0.15) is 25.3 Å². The first kappa shape index (κ1) is 10.4. The molecule has 1 aliphatic heterocycles. The van der Waals surface area contributed by atoms with Gasteiger partial charge in [0.1, 0.15) is 5.60 Å². The summed E-state index contributed by atoms with van der Waals surface area (Å²) in [4.78, 5) is 4.44. The van der Waals surface area contributed by atoms with Gasteiger partial charge in [-0.05, 0) is 12.0 Å². The highest BCUT2D eigenvalue weighted by atomic mass is 16.6. The largest absolute Gasteiger partial charge is 0.364 e. The van der Waals surface area contributed by atoms with Gasteiger partial charge in [-0.3, -0.25) is 4.99 Å². The molecule has 1 heterocycles. The van der Waals surface area contributed by atoms with Crippen LogP contribution in [-0.4, -0.2) is 18.4 Å². The predicted molar refractivity (Wildman–Crippen MR) is 62.2 cm³/mol. The van der Waals surface area contributed by atoms with Gasteiger partial charge in [-0.15, -0.1) is 0 Å². The number of benzene rings is 1. The van der Waals surface area contributed by atoms with Gasteiger partial charge in [-0.25, -0.2) is 0 Å². The van der Waals surface area contributed by atoms with Gasteiger partial charge in [0.2, 0.25) is 0 Å². The fraction of sp³-hybridized carbons (Fsp3) is 0.462. The number of nitrogens with zero attached hydrogens (tertiary/aromatic N) is 1. The Morgan fingerprint density at radius 1 is 1.40 bits per heavy atom. The molecule has 80 valence electrons. The SMILES string of the molecule is CCCC1(C=NCc2ccccc2)CO1. The Bertz CT molecular complexity index is 328. The van der Waals surface area contributed by atoms with E-state index in [1.165, 1.54) is 5.56 Å². The van der Waals surface area contributed by atoms with Crippen molar-refractivity contribution in [1.29, 1.82) is 0 Å². The Morgan fingerprint density at radius 2 is 2.13 bits per heavy atom. The smallest absolute Gasteiger partial charge is 0.126 e. The van der Waals surface area contributed by atoms with Gasteiger partial charge in [-0.1, -0.05) is 43.7 Å². The summed E-state index contributed by atoms with van der Waals surface area (Å²) in [6.45, 7) is 3.78. The molecule has 0 aromatic heterocycles. The molecular weight excluding hydrogens is 186 g/mol. The average molecular weight is 203 g/mol. The van der Waals surface area contributed by atoms with Gasteiger partial charge in [0, 0.05) is 6.21 Å². The minimum atomic E-state index is -0.0104. The normalized spacial score (nSPS) is 24.6. The monoisotopic (exact) mass is 203 g/mol. The topological polar surface area (TPSA) is 24.9 Å². The lowest BCUT2D eigenvalue weighted by molar-refractivity contribution is 0.355. The molecule has 0 radical (unpaired) electrons. The van der Waals surface area contributed by atoms with Crippen LogP contribution in [0.5, 0.6) is 0 Å². The van der Waals surface area contributed by atoms with Crippen molar-refractivity contribution >= 4 is 6.21 Å². The third-order valence-corrected chi connectivity index (χ3v) is 2.63. The van der Waals surface area contributed by atoms with Crippen LogP contribution >= 0.6 is 0 Å². The van der Waals surface area contributed by atoms with Gasteiger partial charge < -0.3 is 4.74 Å². The lowest BCUT2D eigenvalue weighted by Gasteiger charge is -2.02. The molecule has 15 heavy (non-hydrogen) atoms. The van der Waals surface area contributed by atoms with E-state index in [0.717, 1.165) is 26.0 Å². The highest BCUT2D eigenvalue weighted by molar-refractivity contribution is 5.71. The fourth-order valence-corrected chi connectivity index (χ4v) is 1.70. The lowest BCUT2D eigenvalue weighted by Crippen LogP contribution is -2.12. The Hall–Kier alpha value is -1.15. The van der Waals surface area contributed by atoms with E-state index in [1.807, 2.05) is 24.4 Å². The zero-order chi connectivity index (χ0) is 10.6. The maximum absolute atomic E-state index is 5.43. The molecule has 0 bridgehead atoms. The molecule has 2 heteroatoms. The van der Waals surface area contributed by atoms with Crippen molar-refractivity contribution < 1.29 is 4.74 Å². The van der Waals surface area contributed by atoms with Crippen LogP contribution in [0.4, 0.5) is 0 Å². The third-order valence-electron chi connectivity index (χ3n) is 2.63. The molecule has 0 saturated carbocycles. The minimum Gasteiger partial charge on any atom is -0.364 e. The maximum atomic E-state index is 5.43. The number of epoxide rings is 1. The molecule has 1 fully saturated rings. The number of aliphatic imine (C=N–C) groups is 1. The molecule has 1 saturated heterocycles. The highest BCUT2D eigenvalue weighted by Gasteiger charge is 2.41. The number of hydrogen-bond acceptors (Lipinski definition) is 2. The summed E-state index contributed by atoms with van der Waals surface area (Å²) in [5, 5.41) is 0. The van der Waals surface area contributed by atoms with Gasteiger partial charge in [0.05, 0.1) is 13.2 Å². The summed E-state index contributed by atoms with van der Waals surface area (Å²) in [5.41, 5.74) is 1.24. The average Bonchev–Trinajstić information content (AvgIpc) is 3.00. The van der Waals surface area contributed by atoms with E-state index in [-0.39, 0.29) is 5.60 Å². The van der Waals surface area contributed by atoms with E-state index in [9.17, 15) is 0 Å². The molecule has 0 N–H and O–H groups in total. The van der Waals surface area contributed by atoms with Crippen molar-refractivity contribution in [2.45, 2.75) is 31.9 Å². The van der Waals surface area contributed by atoms with Gasteiger partial charge in [-0.2, -0.15) is 0 Å². The quantitative estimate of drug-likeness (QED) is 0.533. The van der Waals surface area contributed by atoms with Crippen LogP contribution in [0.25, 0.3) is 0 Å². The maximum Gasteiger partial charge on any atom is 0.126 e. The molecule has 2 nitrogen and oxygen atoms in total. The second kappa shape index (κ2) is 4.58. The Labute approximate surface area is 91.0 Å². The van der Waals surface area contributed by atoms with E-state index in [2.05, 4.69) is 24.0 Å². The third kappa shape index (κ3) is 2.90. The van der Waals surface area contributed by atoms with Crippen molar-refractivity contribution in [3.8, 4) is 0 Å². The van der Waals surface area contributed by atoms with Gasteiger partial charge >= 0.3 is 0 Å². The van der Waals surface area contributed by atoms with Gasteiger partial charge in [0.15, 0.2) is 0 Å². The first-order valence-corrected chi connectivity index (χ1v) is 5.53. The van der Waals surface area contributed by atoms with Crippen LogP contribution in [0.15, 0.2) is 35.3 Å². The predicted octanol–water partition coefficient (Wildman–Crippen LogP) is 2.83. The summed E-state index contributed by atoms with van der Waals surface area (Å²) in [7, 11) is 0. The van der Waals surface area contributed by atoms with E-state index in [4.69, 9.17) is 4.74 Å². The zero-order valence-electron chi connectivity index (χ0n) is 9.15. The molecule has 0 amide bonds. The lowest BCUT2D eigenvalue weighted by atomic mass is 10.1. The molecule has 0 spiro atoms.